The average Bonchev–Trinajstić information content (AvgIpc) is 2.54. The minimum absolute atomic E-state index is 0.298. The molecule has 0 aliphatic carbocycles. The molecule has 1 atom stereocenters. The summed E-state index contributed by atoms with van der Waals surface area (Å²) in [4.78, 5) is 13.3. The van der Waals surface area contributed by atoms with Crippen molar-refractivity contribution in [2.45, 2.75) is 37.2 Å². The van der Waals surface area contributed by atoms with Crippen LogP contribution in [-0.2, 0) is 4.79 Å². The molecule has 2 N–H and O–H groups in total. The summed E-state index contributed by atoms with van der Waals surface area (Å²) in [5, 5.41) is 13.2. The lowest BCUT2D eigenvalue weighted by Gasteiger charge is -2.22. The van der Waals surface area contributed by atoms with Crippen LogP contribution in [0.2, 0.25) is 0 Å². The summed E-state index contributed by atoms with van der Waals surface area (Å²) in [5.74, 6) is 0.399. The van der Waals surface area contributed by atoms with Crippen LogP contribution in [0.3, 0.4) is 0 Å². The van der Waals surface area contributed by atoms with E-state index in [-0.39, 0.29) is 0 Å². The minimum Gasteiger partial charge on any atom is -0.379 e. The molecular formula is C19H23NO2S. The molecular weight excluding hydrogens is 306 g/mol. The Morgan fingerprint density at radius 2 is 1.74 bits per heavy atom. The van der Waals surface area contributed by atoms with Crippen molar-refractivity contribution >= 4 is 23.4 Å². The molecule has 2 rings (SSSR count). The Kier molecular flexibility index (Phi) is 5.85. The molecule has 0 heterocycles. The number of thioether (sulfide) groups is 1. The van der Waals surface area contributed by atoms with E-state index in [4.69, 9.17) is 0 Å². The largest absolute Gasteiger partial charge is 0.379 e. The van der Waals surface area contributed by atoms with E-state index < -0.39 is 11.5 Å². The van der Waals surface area contributed by atoms with E-state index in [1.165, 1.54) is 17.3 Å². The molecule has 23 heavy (non-hydrogen) atoms. The van der Waals surface area contributed by atoms with Crippen LogP contribution in [0.15, 0.2) is 59.5 Å². The van der Waals surface area contributed by atoms with Gasteiger partial charge < -0.3 is 10.4 Å². The number of anilines is 1. The van der Waals surface area contributed by atoms with Gasteiger partial charge in [0.25, 0.3) is 5.91 Å². The van der Waals surface area contributed by atoms with E-state index in [1.807, 2.05) is 30.3 Å². The number of rotatable bonds is 6. The summed E-state index contributed by atoms with van der Waals surface area (Å²) in [6, 6.07) is 17.4. The second-order valence-corrected chi connectivity index (χ2v) is 7.16. The standard InChI is InChI=1S/C19H23NO2S/c1-14(2)15-9-11-17(12-10-15)23-13-19(3,22)18(21)20-16-7-5-4-6-8-16/h4-12,14,22H,13H2,1-3H3,(H,20,21)/t19-/m1/s1. The Bertz CT molecular complexity index is 636. The molecule has 3 nitrogen and oxygen atoms in total. The molecule has 0 aromatic heterocycles. The highest BCUT2D eigenvalue weighted by atomic mass is 32.2. The summed E-state index contributed by atoms with van der Waals surface area (Å²) >= 11 is 1.48. The summed E-state index contributed by atoms with van der Waals surface area (Å²) in [6.45, 7) is 5.85. The Labute approximate surface area is 142 Å². The summed E-state index contributed by atoms with van der Waals surface area (Å²) < 4.78 is 0. The quantitative estimate of drug-likeness (QED) is 0.777. The predicted molar refractivity (Wildman–Crippen MR) is 97.0 cm³/mol. The average molecular weight is 329 g/mol. The summed E-state index contributed by atoms with van der Waals surface area (Å²) in [5.41, 5.74) is 0.532. The van der Waals surface area contributed by atoms with E-state index >= 15 is 0 Å². The van der Waals surface area contributed by atoms with Crippen LogP contribution in [0.1, 0.15) is 32.3 Å². The van der Waals surface area contributed by atoms with Crippen molar-refractivity contribution < 1.29 is 9.90 Å². The van der Waals surface area contributed by atoms with Crippen LogP contribution in [0.5, 0.6) is 0 Å². The molecule has 0 bridgehead atoms. The lowest BCUT2D eigenvalue weighted by atomic mass is 10.0. The maximum atomic E-state index is 12.2. The number of para-hydroxylation sites is 1. The molecule has 0 radical (unpaired) electrons. The van der Waals surface area contributed by atoms with Gasteiger partial charge in [-0.2, -0.15) is 0 Å². The van der Waals surface area contributed by atoms with Gasteiger partial charge in [-0.05, 0) is 42.7 Å². The van der Waals surface area contributed by atoms with E-state index in [9.17, 15) is 9.90 Å². The smallest absolute Gasteiger partial charge is 0.256 e. The first-order valence-corrected chi connectivity index (χ1v) is 8.69. The third-order valence-corrected chi connectivity index (χ3v) is 4.90. The van der Waals surface area contributed by atoms with Gasteiger partial charge in [0.15, 0.2) is 0 Å². The maximum absolute atomic E-state index is 12.2. The lowest BCUT2D eigenvalue weighted by Crippen LogP contribution is -2.42. The maximum Gasteiger partial charge on any atom is 0.256 e. The molecule has 122 valence electrons. The van der Waals surface area contributed by atoms with Gasteiger partial charge in [0.1, 0.15) is 5.60 Å². The fourth-order valence-corrected chi connectivity index (χ4v) is 2.93. The van der Waals surface area contributed by atoms with Crippen molar-refractivity contribution in [1.82, 2.24) is 0 Å². The number of carbonyl (C=O) groups is 1. The Balaban J connectivity index is 1.93. The third-order valence-electron chi connectivity index (χ3n) is 3.59. The van der Waals surface area contributed by atoms with Crippen LogP contribution in [0.4, 0.5) is 5.69 Å². The first-order valence-electron chi connectivity index (χ1n) is 7.70. The van der Waals surface area contributed by atoms with Crippen LogP contribution < -0.4 is 5.32 Å². The molecule has 4 heteroatoms. The first kappa shape index (κ1) is 17.6. The van der Waals surface area contributed by atoms with Crippen LogP contribution in [0.25, 0.3) is 0 Å². The molecule has 0 fully saturated rings. The van der Waals surface area contributed by atoms with Gasteiger partial charge in [-0.3, -0.25) is 4.79 Å². The second-order valence-electron chi connectivity index (χ2n) is 6.11. The Morgan fingerprint density at radius 1 is 1.13 bits per heavy atom. The highest BCUT2D eigenvalue weighted by Gasteiger charge is 2.30. The van der Waals surface area contributed by atoms with Crippen molar-refractivity contribution in [3.63, 3.8) is 0 Å². The van der Waals surface area contributed by atoms with E-state index in [1.54, 1.807) is 19.1 Å². The molecule has 2 aromatic carbocycles. The topological polar surface area (TPSA) is 49.3 Å². The Hall–Kier alpha value is -1.78. The molecule has 2 aromatic rings. The molecule has 0 aliphatic rings. The number of benzene rings is 2. The number of nitrogens with one attached hydrogen (secondary N) is 1. The fourth-order valence-electron chi connectivity index (χ4n) is 2.03. The van der Waals surface area contributed by atoms with Gasteiger partial charge in [0.05, 0.1) is 0 Å². The zero-order valence-corrected chi connectivity index (χ0v) is 14.6. The molecule has 0 spiro atoms. The molecule has 1 amide bonds. The van der Waals surface area contributed by atoms with E-state index in [2.05, 4.69) is 31.3 Å². The minimum atomic E-state index is -1.43. The van der Waals surface area contributed by atoms with Gasteiger partial charge in [-0.15, -0.1) is 11.8 Å². The van der Waals surface area contributed by atoms with Crippen molar-refractivity contribution in [2.75, 3.05) is 11.1 Å². The fraction of sp³-hybridized carbons (Fsp3) is 0.316. The lowest BCUT2D eigenvalue weighted by molar-refractivity contribution is -0.130. The summed E-state index contributed by atoms with van der Waals surface area (Å²) in [7, 11) is 0. The second kappa shape index (κ2) is 7.66. The van der Waals surface area contributed by atoms with E-state index in [0.29, 0.717) is 17.4 Å². The molecule has 0 aliphatic heterocycles. The van der Waals surface area contributed by atoms with Crippen molar-refractivity contribution in [1.29, 1.82) is 0 Å². The number of amides is 1. The van der Waals surface area contributed by atoms with Gasteiger partial charge in [-0.1, -0.05) is 44.2 Å². The number of aliphatic hydroxyl groups is 1. The van der Waals surface area contributed by atoms with Gasteiger partial charge in [-0.25, -0.2) is 0 Å². The SMILES string of the molecule is CC(C)c1ccc(SC[C@@](C)(O)C(=O)Nc2ccccc2)cc1. The first-order chi connectivity index (χ1) is 10.9. The number of hydrogen-bond donors (Lipinski definition) is 2. The number of hydrogen-bond acceptors (Lipinski definition) is 3. The highest BCUT2D eigenvalue weighted by Crippen LogP contribution is 2.25. The van der Waals surface area contributed by atoms with Gasteiger partial charge in [0, 0.05) is 16.3 Å². The van der Waals surface area contributed by atoms with Gasteiger partial charge >= 0.3 is 0 Å². The van der Waals surface area contributed by atoms with Crippen molar-refractivity contribution in [3.05, 3.63) is 60.2 Å². The molecule has 0 unspecified atom stereocenters. The zero-order valence-electron chi connectivity index (χ0n) is 13.7. The van der Waals surface area contributed by atoms with Crippen LogP contribution in [-0.4, -0.2) is 22.4 Å². The number of carbonyl (C=O) groups excluding carboxylic acids is 1. The van der Waals surface area contributed by atoms with Gasteiger partial charge in [0.2, 0.25) is 0 Å². The van der Waals surface area contributed by atoms with Crippen LogP contribution >= 0.6 is 11.8 Å². The van der Waals surface area contributed by atoms with E-state index in [0.717, 1.165) is 4.90 Å². The van der Waals surface area contributed by atoms with Crippen LogP contribution in [0, 0.1) is 0 Å². The normalized spacial score (nSPS) is 13.6. The molecule has 0 saturated carbocycles. The molecule has 0 saturated heterocycles. The third kappa shape index (κ3) is 5.12. The predicted octanol–water partition coefficient (Wildman–Crippen LogP) is 4.29. The van der Waals surface area contributed by atoms with Crippen molar-refractivity contribution in [2.24, 2.45) is 0 Å². The highest BCUT2D eigenvalue weighted by molar-refractivity contribution is 7.99. The monoisotopic (exact) mass is 329 g/mol. The summed E-state index contributed by atoms with van der Waals surface area (Å²) in [6.07, 6.45) is 0. The van der Waals surface area contributed by atoms with Crippen molar-refractivity contribution in [3.8, 4) is 0 Å². The zero-order chi connectivity index (χ0) is 16.9. The Morgan fingerprint density at radius 3 is 2.30 bits per heavy atom.